The topological polar surface area (TPSA) is 80.8 Å². The molecule has 3 aromatic rings. The third kappa shape index (κ3) is 7.66. The molecule has 39 heavy (non-hydrogen) atoms. The van der Waals surface area contributed by atoms with Gasteiger partial charge in [0.25, 0.3) is 0 Å². The molecule has 2 N–H and O–H groups in total. The van der Waals surface area contributed by atoms with Crippen LogP contribution < -0.4 is 29.7 Å². The molecular weight excluding hydrogens is 490 g/mol. The Morgan fingerprint density at radius 3 is 2.18 bits per heavy atom. The van der Waals surface area contributed by atoms with E-state index < -0.39 is 0 Å². The van der Waals surface area contributed by atoms with E-state index >= 15 is 0 Å². The van der Waals surface area contributed by atoms with Gasteiger partial charge in [-0.15, -0.1) is 0 Å². The molecular formula is C31H45N5O3. The highest BCUT2D eigenvalue weighted by Crippen LogP contribution is 2.35. The lowest BCUT2D eigenvalue weighted by molar-refractivity contribution is 0.298. The number of benzene rings is 2. The average Bonchev–Trinajstić information content (AvgIpc) is 2.93. The Balaban J connectivity index is 1.28. The van der Waals surface area contributed by atoms with E-state index in [1.807, 2.05) is 59.1 Å². The van der Waals surface area contributed by atoms with Crippen LogP contribution in [0.2, 0.25) is 0 Å². The number of para-hydroxylation sites is 1. The number of nitrogens with one attached hydrogen (secondary N) is 2. The summed E-state index contributed by atoms with van der Waals surface area (Å²) in [5.41, 5.74) is 2.04. The number of anilines is 2. The Morgan fingerprint density at radius 1 is 0.872 bits per heavy atom. The van der Waals surface area contributed by atoms with Crippen LogP contribution in [-0.2, 0) is 6.54 Å². The summed E-state index contributed by atoms with van der Waals surface area (Å²) in [5.74, 6) is 4.86. The van der Waals surface area contributed by atoms with Gasteiger partial charge in [0.15, 0.2) is 0 Å². The van der Waals surface area contributed by atoms with Crippen molar-refractivity contribution in [2.75, 3.05) is 50.7 Å². The molecule has 1 aromatic heterocycles. The van der Waals surface area contributed by atoms with Crippen LogP contribution in [-0.4, -0.2) is 56.5 Å². The van der Waals surface area contributed by atoms with Crippen molar-refractivity contribution in [2.24, 2.45) is 5.92 Å². The summed E-state index contributed by atoms with van der Waals surface area (Å²) in [6.45, 7) is 9.48. The lowest BCUT2D eigenvalue weighted by atomic mass is 9.84. The molecule has 1 aliphatic carbocycles. The SMILES string of the molecule is CCOc1cc(OCC)c(CNCC[C@H]2CC[C@@H](Nc3nc(N(C)C)c4ccccc4n3)CC2)c(OCC)c1. The van der Waals surface area contributed by atoms with Crippen LogP contribution in [0.25, 0.3) is 10.9 Å². The zero-order valence-electron chi connectivity index (χ0n) is 24.3. The number of hydrogen-bond donors (Lipinski definition) is 2. The summed E-state index contributed by atoms with van der Waals surface area (Å²) in [5, 5.41) is 8.35. The van der Waals surface area contributed by atoms with Crippen molar-refractivity contribution in [1.82, 2.24) is 15.3 Å². The number of nitrogens with zero attached hydrogens (tertiary/aromatic N) is 3. The fourth-order valence-electron chi connectivity index (χ4n) is 5.35. The molecule has 212 valence electrons. The maximum atomic E-state index is 5.94. The highest BCUT2D eigenvalue weighted by Gasteiger charge is 2.22. The summed E-state index contributed by atoms with van der Waals surface area (Å²) in [7, 11) is 4.06. The fourth-order valence-corrected chi connectivity index (χ4v) is 5.35. The second kappa shape index (κ2) is 14.2. The van der Waals surface area contributed by atoms with Crippen LogP contribution in [0.15, 0.2) is 36.4 Å². The smallest absolute Gasteiger partial charge is 0.225 e. The Labute approximate surface area is 233 Å². The summed E-state index contributed by atoms with van der Waals surface area (Å²) < 4.78 is 17.6. The van der Waals surface area contributed by atoms with Gasteiger partial charge in [0, 0.05) is 44.2 Å². The van der Waals surface area contributed by atoms with E-state index in [0.717, 1.165) is 77.2 Å². The summed E-state index contributed by atoms with van der Waals surface area (Å²) in [6.07, 6.45) is 5.87. The first-order valence-electron chi connectivity index (χ1n) is 14.5. The van der Waals surface area contributed by atoms with Crippen molar-refractivity contribution in [1.29, 1.82) is 0 Å². The van der Waals surface area contributed by atoms with Gasteiger partial charge in [0.2, 0.25) is 5.95 Å². The maximum absolute atomic E-state index is 5.94. The molecule has 0 radical (unpaired) electrons. The molecule has 2 aromatic carbocycles. The molecule has 0 aliphatic heterocycles. The maximum Gasteiger partial charge on any atom is 0.225 e. The van der Waals surface area contributed by atoms with E-state index in [0.29, 0.717) is 32.4 Å². The zero-order chi connectivity index (χ0) is 27.6. The first-order chi connectivity index (χ1) is 19.0. The van der Waals surface area contributed by atoms with Gasteiger partial charge in [0.1, 0.15) is 23.1 Å². The fraction of sp³-hybridized carbons (Fsp3) is 0.548. The lowest BCUT2D eigenvalue weighted by Gasteiger charge is -2.29. The molecule has 1 heterocycles. The highest BCUT2D eigenvalue weighted by molar-refractivity contribution is 5.90. The molecule has 8 heteroatoms. The van der Waals surface area contributed by atoms with Crippen molar-refractivity contribution in [3.8, 4) is 17.2 Å². The number of rotatable bonds is 14. The average molecular weight is 536 g/mol. The molecule has 0 saturated heterocycles. The minimum Gasteiger partial charge on any atom is -0.494 e. The third-order valence-electron chi connectivity index (χ3n) is 7.27. The first kappa shape index (κ1) is 28.7. The van der Waals surface area contributed by atoms with Crippen LogP contribution >= 0.6 is 0 Å². The van der Waals surface area contributed by atoms with E-state index in [4.69, 9.17) is 24.2 Å². The van der Waals surface area contributed by atoms with Gasteiger partial charge in [-0.1, -0.05) is 12.1 Å². The lowest BCUT2D eigenvalue weighted by Crippen LogP contribution is -2.29. The van der Waals surface area contributed by atoms with Crippen LogP contribution in [0, 0.1) is 5.92 Å². The van der Waals surface area contributed by atoms with Gasteiger partial charge in [-0.25, -0.2) is 4.98 Å². The number of ether oxygens (including phenoxy) is 3. The molecule has 0 unspecified atom stereocenters. The van der Waals surface area contributed by atoms with Crippen molar-refractivity contribution >= 4 is 22.7 Å². The van der Waals surface area contributed by atoms with Crippen molar-refractivity contribution < 1.29 is 14.2 Å². The molecule has 0 amide bonds. The summed E-state index contributed by atoms with van der Waals surface area (Å²) in [6, 6.07) is 12.6. The highest BCUT2D eigenvalue weighted by atomic mass is 16.5. The third-order valence-corrected chi connectivity index (χ3v) is 7.27. The predicted molar refractivity (Wildman–Crippen MR) is 160 cm³/mol. The second-order valence-electron chi connectivity index (χ2n) is 10.3. The van der Waals surface area contributed by atoms with Gasteiger partial charge in [-0.2, -0.15) is 4.98 Å². The molecule has 1 saturated carbocycles. The minimum absolute atomic E-state index is 0.414. The van der Waals surface area contributed by atoms with Crippen LogP contribution in [0.3, 0.4) is 0 Å². The van der Waals surface area contributed by atoms with Crippen molar-refractivity contribution in [3.05, 3.63) is 42.0 Å². The quantitative estimate of drug-likeness (QED) is 0.242. The summed E-state index contributed by atoms with van der Waals surface area (Å²) >= 11 is 0. The molecule has 8 nitrogen and oxygen atoms in total. The molecule has 0 spiro atoms. The normalized spacial score (nSPS) is 17.2. The Hall–Kier alpha value is -3.26. The van der Waals surface area contributed by atoms with E-state index in [2.05, 4.69) is 27.7 Å². The molecule has 1 aliphatic rings. The standard InChI is InChI=1S/C31H45N5O3/c1-6-37-24-19-28(38-7-2)26(29(20-24)39-8-3)21-32-18-17-22-13-15-23(16-14-22)33-31-34-27-12-10-9-11-25(27)30(35-31)36(4)5/h9-12,19-20,22-23,32H,6-8,13-18,21H2,1-5H3,(H,33,34,35)/t22-,23+. The molecule has 0 bridgehead atoms. The van der Waals surface area contributed by atoms with Crippen LogP contribution in [0.1, 0.15) is 58.4 Å². The largest absolute Gasteiger partial charge is 0.494 e. The van der Waals surface area contributed by atoms with E-state index in [1.54, 1.807) is 0 Å². The second-order valence-corrected chi connectivity index (χ2v) is 10.3. The van der Waals surface area contributed by atoms with Crippen molar-refractivity contribution in [3.63, 3.8) is 0 Å². The Bertz CT molecular complexity index is 1170. The Morgan fingerprint density at radius 2 is 1.54 bits per heavy atom. The number of fused-ring (bicyclic) bond motifs is 1. The monoisotopic (exact) mass is 535 g/mol. The number of hydrogen-bond acceptors (Lipinski definition) is 8. The zero-order valence-corrected chi connectivity index (χ0v) is 24.3. The van der Waals surface area contributed by atoms with Gasteiger partial charge in [-0.05, 0) is 77.5 Å². The summed E-state index contributed by atoms with van der Waals surface area (Å²) in [4.78, 5) is 11.7. The van der Waals surface area contributed by atoms with Crippen LogP contribution in [0.4, 0.5) is 11.8 Å². The minimum atomic E-state index is 0.414. The molecule has 4 rings (SSSR count). The van der Waals surface area contributed by atoms with Gasteiger partial charge < -0.3 is 29.7 Å². The van der Waals surface area contributed by atoms with Gasteiger partial charge in [0.05, 0.1) is 30.9 Å². The van der Waals surface area contributed by atoms with Crippen molar-refractivity contribution in [2.45, 2.75) is 65.5 Å². The Kier molecular flexibility index (Phi) is 10.5. The van der Waals surface area contributed by atoms with E-state index in [1.165, 1.54) is 12.8 Å². The molecule has 1 fully saturated rings. The predicted octanol–water partition coefficient (Wildman–Crippen LogP) is 6.04. The number of aromatic nitrogens is 2. The van der Waals surface area contributed by atoms with Gasteiger partial charge >= 0.3 is 0 Å². The van der Waals surface area contributed by atoms with Gasteiger partial charge in [-0.3, -0.25) is 0 Å². The van der Waals surface area contributed by atoms with E-state index in [-0.39, 0.29) is 0 Å². The van der Waals surface area contributed by atoms with E-state index in [9.17, 15) is 0 Å². The van der Waals surface area contributed by atoms with Crippen LogP contribution in [0.5, 0.6) is 17.2 Å². The molecule has 0 atom stereocenters. The first-order valence-corrected chi connectivity index (χ1v) is 14.5.